The van der Waals surface area contributed by atoms with Gasteiger partial charge in [0.2, 0.25) is 0 Å². The Hall–Kier alpha value is -3.86. The SMILES string of the molecule is Nc1cc2ccc(C(=O)OCC3c4ccccc4-c4ccccc43)cc2oc1=O. The number of hydrogen-bond acceptors (Lipinski definition) is 5. The summed E-state index contributed by atoms with van der Waals surface area (Å²) in [6, 6.07) is 22.7. The third-order valence-electron chi connectivity index (χ3n) is 5.34. The zero-order valence-electron chi connectivity index (χ0n) is 15.4. The summed E-state index contributed by atoms with van der Waals surface area (Å²) in [6.07, 6.45) is 0. The molecule has 29 heavy (non-hydrogen) atoms. The van der Waals surface area contributed by atoms with E-state index in [9.17, 15) is 9.59 Å². The maximum absolute atomic E-state index is 12.7. The van der Waals surface area contributed by atoms with Crippen LogP contribution in [0.15, 0.2) is 82.0 Å². The van der Waals surface area contributed by atoms with E-state index in [-0.39, 0.29) is 18.2 Å². The van der Waals surface area contributed by atoms with Crippen molar-refractivity contribution in [2.24, 2.45) is 0 Å². The van der Waals surface area contributed by atoms with E-state index in [4.69, 9.17) is 14.9 Å². The fraction of sp³-hybridized carbons (Fsp3) is 0.0833. The zero-order valence-corrected chi connectivity index (χ0v) is 15.4. The normalized spacial score (nSPS) is 12.6. The van der Waals surface area contributed by atoms with Crippen molar-refractivity contribution in [3.63, 3.8) is 0 Å². The number of nitrogens with two attached hydrogens (primary N) is 1. The molecule has 1 heterocycles. The molecule has 0 saturated carbocycles. The molecular formula is C24H17NO4. The van der Waals surface area contributed by atoms with Crippen LogP contribution < -0.4 is 11.4 Å². The van der Waals surface area contributed by atoms with Gasteiger partial charge in [-0.15, -0.1) is 0 Å². The molecule has 0 spiro atoms. The minimum absolute atomic E-state index is 0.00969. The van der Waals surface area contributed by atoms with Gasteiger partial charge in [0.15, 0.2) is 0 Å². The Kier molecular flexibility index (Phi) is 3.95. The van der Waals surface area contributed by atoms with Crippen LogP contribution in [0.1, 0.15) is 27.4 Å². The Labute approximate surface area is 166 Å². The minimum Gasteiger partial charge on any atom is -0.461 e. The quantitative estimate of drug-likeness (QED) is 0.420. The largest absolute Gasteiger partial charge is 0.461 e. The number of anilines is 1. The number of carbonyl (C=O) groups is 1. The molecule has 5 nitrogen and oxygen atoms in total. The number of ether oxygens (including phenoxy) is 1. The molecule has 0 atom stereocenters. The molecule has 1 aliphatic rings. The maximum atomic E-state index is 12.7. The smallest absolute Gasteiger partial charge is 0.359 e. The van der Waals surface area contributed by atoms with E-state index < -0.39 is 11.6 Å². The van der Waals surface area contributed by atoms with Gasteiger partial charge in [-0.3, -0.25) is 0 Å². The summed E-state index contributed by atoms with van der Waals surface area (Å²) >= 11 is 0. The number of hydrogen-bond donors (Lipinski definition) is 1. The highest BCUT2D eigenvalue weighted by molar-refractivity contribution is 5.94. The lowest BCUT2D eigenvalue weighted by atomic mass is 9.98. The molecule has 0 unspecified atom stereocenters. The molecular weight excluding hydrogens is 366 g/mol. The summed E-state index contributed by atoms with van der Waals surface area (Å²) < 4.78 is 10.8. The molecule has 5 heteroatoms. The van der Waals surface area contributed by atoms with Crippen LogP contribution in [0, 0.1) is 0 Å². The van der Waals surface area contributed by atoms with Gasteiger partial charge in [-0.25, -0.2) is 9.59 Å². The van der Waals surface area contributed by atoms with Gasteiger partial charge in [-0.2, -0.15) is 0 Å². The van der Waals surface area contributed by atoms with E-state index in [2.05, 4.69) is 24.3 Å². The average molecular weight is 383 g/mol. The second kappa shape index (κ2) is 6.63. The third kappa shape index (κ3) is 2.88. The molecule has 1 aromatic heterocycles. The van der Waals surface area contributed by atoms with Gasteiger partial charge in [0, 0.05) is 11.3 Å². The van der Waals surface area contributed by atoms with E-state index in [0.29, 0.717) is 16.5 Å². The van der Waals surface area contributed by atoms with Gasteiger partial charge in [0.25, 0.3) is 0 Å². The van der Waals surface area contributed by atoms with Crippen molar-refractivity contribution in [1.29, 1.82) is 0 Å². The van der Waals surface area contributed by atoms with Gasteiger partial charge >= 0.3 is 11.6 Å². The Balaban J connectivity index is 1.42. The molecule has 142 valence electrons. The Bertz CT molecular complexity index is 1280. The number of fused-ring (bicyclic) bond motifs is 4. The molecule has 0 fully saturated rings. The van der Waals surface area contributed by atoms with Gasteiger partial charge < -0.3 is 14.9 Å². The highest BCUT2D eigenvalue weighted by Crippen LogP contribution is 2.44. The molecule has 0 amide bonds. The van der Waals surface area contributed by atoms with Crippen molar-refractivity contribution in [2.75, 3.05) is 12.3 Å². The number of esters is 1. The summed E-state index contributed by atoms with van der Waals surface area (Å²) in [6.45, 7) is 0.233. The number of rotatable bonds is 3. The van der Waals surface area contributed by atoms with Crippen LogP contribution in [-0.4, -0.2) is 12.6 Å². The van der Waals surface area contributed by atoms with Gasteiger partial charge in [-0.05, 0) is 40.5 Å². The lowest BCUT2D eigenvalue weighted by Crippen LogP contribution is -2.13. The maximum Gasteiger partial charge on any atom is 0.359 e. The minimum atomic E-state index is -0.623. The first-order valence-electron chi connectivity index (χ1n) is 9.30. The first kappa shape index (κ1) is 17.3. The molecule has 1 aliphatic carbocycles. The van der Waals surface area contributed by atoms with Crippen LogP contribution in [0.2, 0.25) is 0 Å². The van der Waals surface area contributed by atoms with Crippen LogP contribution in [0.5, 0.6) is 0 Å². The van der Waals surface area contributed by atoms with Crippen molar-refractivity contribution < 1.29 is 13.9 Å². The van der Waals surface area contributed by atoms with Crippen molar-refractivity contribution in [3.8, 4) is 11.1 Å². The Morgan fingerprint density at radius 2 is 1.59 bits per heavy atom. The van der Waals surface area contributed by atoms with E-state index in [1.54, 1.807) is 12.1 Å². The second-order valence-corrected chi connectivity index (χ2v) is 7.07. The summed E-state index contributed by atoms with van der Waals surface area (Å²) in [5.41, 5.74) is 10.3. The van der Waals surface area contributed by atoms with Gasteiger partial charge in [-0.1, -0.05) is 54.6 Å². The van der Waals surface area contributed by atoms with Crippen LogP contribution in [-0.2, 0) is 4.74 Å². The molecule has 4 aromatic rings. The van der Waals surface area contributed by atoms with E-state index in [0.717, 1.165) is 11.1 Å². The number of benzene rings is 3. The highest BCUT2D eigenvalue weighted by Gasteiger charge is 2.29. The Morgan fingerprint density at radius 1 is 0.931 bits per heavy atom. The van der Waals surface area contributed by atoms with Gasteiger partial charge in [0.05, 0.1) is 5.56 Å². The van der Waals surface area contributed by atoms with Crippen LogP contribution in [0.3, 0.4) is 0 Å². The fourth-order valence-corrected chi connectivity index (χ4v) is 3.94. The van der Waals surface area contributed by atoms with Crippen molar-refractivity contribution in [3.05, 3.63) is 99.9 Å². The van der Waals surface area contributed by atoms with Crippen molar-refractivity contribution >= 4 is 22.6 Å². The molecule has 3 aromatic carbocycles. The first-order valence-corrected chi connectivity index (χ1v) is 9.30. The summed E-state index contributed by atoms with van der Waals surface area (Å²) in [5.74, 6) is -0.474. The summed E-state index contributed by atoms with van der Waals surface area (Å²) in [5, 5.41) is 0.650. The van der Waals surface area contributed by atoms with Crippen molar-refractivity contribution in [2.45, 2.75) is 5.92 Å². The highest BCUT2D eigenvalue weighted by atomic mass is 16.5. The molecule has 0 bridgehead atoms. The predicted octanol–water partition coefficient (Wildman–Crippen LogP) is 4.34. The topological polar surface area (TPSA) is 82.5 Å². The predicted molar refractivity (Wildman–Crippen MR) is 111 cm³/mol. The standard InChI is InChI=1S/C24H17NO4/c25-21-11-14-9-10-15(12-22(14)29-24(21)27)23(26)28-13-20-18-7-3-1-5-16(18)17-6-2-4-8-19(17)20/h1-12,20H,13,25H2. The second-order valence-electron chi connectivity index (χ2n) is 7.07. The monoisotopic (exact) mass is 383 g/mol. The van der Waals surface area contributed by atoms with E-state index in [1.165, 1.54) is 23.3 Å². The van der Waals surface area contributed by atoms with Crippen LogP contribution in [0.4, 0.5) is 5.69 Å². The van der Waals surface area contributed by atoms with Crippen molar-refractivity contribution in [1.82, 2.24) is 0 Å². The summed E-state index contributed by atoms with van der Waals surface area (Å²) in [7, 11) is 0. The van der Waals surface area contributed by atoms with Gasteiger partial charge in [0.1, 0.15) is 17.9 Å². The van der Waals surface area contributed by atoms with Crippen LogP contribution >= 0.6 is 0 Å². The zero-order chi connectivity index (χ0) is 20.0. The summed E-state index contributed by atoms with van der Waals surface area (Å²) in [4.78, 5) is 24.3. The van der Waals surface area contributed by atoms with Crippen LogP contribution in [0.25, 0.3) is 22.1 Å². The average Bonchev–Trinajstić information content (AvgIpc) is 3.06. The molecule has 0 aliphatic heterocycles. The lowest BCUT2D eigenvalue weighted by molar-refractivity contribution is 0.0493. The molecule has 0 radical (unpaired) electrons. The fourth-order valence-electron chi connectivity index (χ4n) is 3.94. The third-order valence-corrected chi connectivity index (χ3v) is 5.34. The number of nitrogen functional groups attached to an aromatic ring is 1. The van der Waals surface area contributed by atoms with E-state index >= 15 is 0 Å². The van der Waals surface area contributed by atoms with E-state index in [1.807, 2.05) is 24.3 Å². The lowest BCUT2D eigenvalue weighted by Gasteiger charge is -2.14. The Morgan fingerprint density at radius 3 is 2.28 bits per heavy atom. The molecule has 5 rings (SSSR count). The molecule has 2 N–H and O–H groups in total. The number of carbonyl (C=O) groups excluding carboxylic acids is 1. The first-order chi connectivity index (χ1) is 14.1. The molecule has 0 saturated heterocycles.